The van der Waals surface area contributed by atoms with Crippen LogP contribution in [0.3, 0.4) is 0 Å². The van der Waals surface area contributed by atoms with Crippen molar-refractivity contribution in [2.75, 3.05) is 13.2 Å². The first-order valence-electron chi connectivity index (χ1n) is 6.54. The zero-order valence-corrected chi connectivity index (χ0v) is 10.4. The molecular weight excluding hydrogens is 216 g/mol. The van der Waals surface area contributed by atoms with Crippen LogP contribution in [0.5, 0.6) is 0 Å². The molecule has 2 aliphatic rings. The standard InChI is InChI=1S/C13H22N2O2/c1-2-12-10(5-6-17-12)8-15-13(16)9-3-4-11(14)7-9/h3-4,9-12H,2,5-8,14H2,1H3,(H,15,16). The third kappa shape index (κ3) is 3.07. The first-order chi connectivity index (χ1) is 8.20. The van der Waals surface area contributed by atoms with Gasteiger partial charge in [0.05, 0.1) is 12.0 Å². The molecule has 4 atom stereocenters. The molecule has 4 nitrogen and oxygen atoms in total. The van der Waals surface area contributed by atoms with Crippen LogP contribution in [-0.2, 0) is 9.53 Å². The van der Waals surface area contributed by atoms with Crippen LogP contribution in [0, 0.1) is 11.8 Å². The van der Waals surface area contributed by atoms with Crippen LogP contribution in [0.2, 0.25) is 0 Å². The Morgan fingerprint density at radius 3 is 3.00 bits per heavy atom. The average molecular weight is 238 g/mol. The van der Waals surface area contributed by atoms with Gasteiger partial charge in [-0.2, -0.15) is 0 Å². The summed E-state index contributed by atoms with van der Waals surface area (Å²) in [7, 11) is 0. The minimum atomic E-state index is -0.0348. The Hall–Kier alpha value is -0.870. The Kier molecular flexibility index (Phi) is 4.18. The number of carbonyl (C=O) groups excluding carboxylic acids is 1. The summed E-state index contributed by atoms with van der Waals surface area (Å²) >= 11 is 0. The predicted molar refractivity (Wildman–Crippen MR) is 66.4 cm³/mol. The van der Waals surface area contributed by atoms with Gasteiger partial charge < -0.3 is 15.8 Å². The number of ether oxygens (including phenoxy) is 1. The van der Waals surface area contributed by atoms with Crippen LogP contribution in [-0.4, -0.2) is 31.2 Å². The lowest BCUT2D eigenvalue weighted by Gasteiger charge is -2.18. The fourth-order valence-electron chi connectivity index (χ4n) is 2.66. The topological polar surface area (TPSA) is 64.3 Å². The zero-order chi connectivity index (χ0) is 12.3. The van der Waals surface area contributed by atoms with Crippen LogP contribution in [0.25, 0.3) is 0 Å². The Balaban J connectivity index is 1.74. The van der Waals surface area contributed by atoms with E-state index in [-0.39, 0.29) is 17.9 Å². The van der Waals surface area contributed by atoms with Gasteiger partial charge in [0.25, 0.3) is 0 Å². The van der Waals surface area contributed by atoms with E-state index in [1.165, 1.54) is 0 Å². The SMILES string of the molecule is CCC1OCCC1CNC(=O)C1C=CC(N)C1. The number of rotatable bonds is 4. The van der Waals surface area contributed by atoms with Crippen molar-refractivity contribution in [1.29, 1.82) is 0 Å². The largest absolute Gasteiger partial charge is 0.378 e. The molecular formula is C13H22N2O2. The van der Waals surface area contributed by atoms with Gasteiger partial charge in [-0.15, -0.1) is 0 Å². The second-order valence-electron chi connectivity index (χ2n) is 5.00. The molecule has 4 heteroatoms. The van der Waals surface area contributed by atoms with Crippen molar-refractivity contribution < 1.29 is 9.53 Å². The molecule has 4 unspecified atom stereocenters. The molecule has 1 saturated heterocycles. The van der Waals surface area contributed by atoms with Gasteiger partial charge in [0.15, 0.2) is 0 Å². The summed E-state index contributed by atoms with van der Waals surface area (Å²) in [6.07, 6.45) is 6.97. The van der Waals surface area contributed by atoms with Crippen molar-refractivity contribution in [3.63, 3.8) is 0 Å². The number of carbonyl (C=O) groups is 1. The Morgan fingerprint density at radius 2 is 2.35 bits per heavy atom. The summed E-state index contributed by atoms with van der Waals surface area (Å²) in [5.41, 5.74) is 5.74. The fraction of sp³-hybridized carbons (Fsp3) is 0.769. The molecule has 0 saturated carbocycles. The first-order valence-corrected chi connectivity index (χ1v) is 6.54. The minimum Gasteiger partial charge on any atom is -0.378 e. The van der Waals surface area contributed by atoms with Crippen LogP contribution in [0.4, 0.5) is 0 Å². The second kappa shape index (κ2) is 5.65. The van der Waals surface area contributed by atoms with Crippen LogP contribution >= 0.6 is 0 Å². The maximum atomic E-state index is 11.9. The Bertz CT molecular complexity index is 304. The average Bonchev–Trinajstić information content (AvgIpc) is 2.94. The highest BCUT2D eigenvalue weighted by atomic mass is 16.5. The maximum absolute atomic E-state index is 11.9. The highest BCUT2D eigenvalue weighted by molar-refractivity contribution is 5.81. The van der Waals surface area contributed by atoms with Crippen molar-refractivity contribution >= 4 is 5.91 Å². The van der Waals surface area contributed by atoms with Gasteiger partial charge in [0.1, 0.15) is 0 Å². The normalized spacial score (nSPS) is 36.4. The van der Waals surface area contributed by atoms with E-state index in [0.29, 0.717) is 12.0 Å². The second-order valence-corrected chi connectivity index (χ2v) is 5.00. The summed E-state index contributed by atoms with van der Waals surface area (Å²) in [4.78, 5) is 11.9. The zero-order valence-electron chi connectivity index (χ0n) is 10.4. The molecule has 0 aromatic rings. The summed E-state index contributed by atoms with van der Waals surface area (Å²) < 4.78 is 5.60. The summed E-state index contributed by atoms with van der Waals surface area (Å²) in [5, 5.41) is 3.03. The molecule has 0 aromatic heterocycles. The number of nitrogens with two attached hydrogens (primary N) is 1. The van der Waals surface area contributed by atoms with Gasteiger partial charge in [0, 0.05) is 25.1 Å². The van der Waals surface area contributed by atoms with Crippen LogP contribution in [0.1, 0.15) is 26.2 Å². The molecule has 1 fully saturated rings. The van der Waals surface area contributed by atoms with Crippen LogP contribution in [0.15, 0.2) is 12.2 Å². The van der Waals surface area contributed by atoms with E-state index in [2.05, 4.69) is 12.2 Å². The fourth-order valence-corrected chi connectivity index (χ4v) is 2.66. The Labute approximate surface area is 103 Å². The molecule has 0 bridgehead atoms. The maximum Gasteiger partial charge on any atom is 0.227 e. The molecule has 1 aliphatic carbocycles. The van der Waals surface area contributed by atoms with E-state index in [0.717, 1.165) is 32.4 Å². The number of hydrogen-bond acceptors (Lipinski definition) is 3. The van der Waals surface area contributed by atoms with Gasteiger partial charge >= 0.3 is 0 Å². The molecule has 3 N–H and O–H groups in total. The molecule has 0 spiro atoms. The lowest BCUT2D eigenvalue weighted by molar-refractivity contribution is -0.123. The third-order valence-corrected chi connectivity index (χ3v) is 3.74. The van der Waals surface area contributed by atoms with E-state index < -0.39 is 0 Å². The smallest absolute Gasteiger partial charge is 0.227 e. The number of hydrogen-bond donors (Lipinski definition) is 2. The van der Waals surface area contributed by atoms with Crippen LogP contribution < -0.4 is 11.1 Å². The molecule has 0 radical (unpaired) electrons. The molecule has 96 valence electrons. The van der Waals surface area contributed by atoms with Crippen molar-refractivity contribution in [2.45, 2.75) is 38.3 Å². The number of amides is 1. The van der Waals surface area contributed by atoms with Crippen molar-refractivity contribution in [2.24, 2.45) is 17.6 Å². The van der Waals surface area contributed by atoms with Crippen molar-refractivity contribution in [3.8, 4) is 0 Å². The summed E-state index contributed by atoms with van der Waals surface area (Å²) in [5.74, 6) is 0.548. The highest BCUT2D eigenvalue weighted by Gasteiger charge is 2.28. The predicted octanol–water partition coefficient (Wildman–Crippen LogP) is 0.821. The highest BCUT2D eigenvalue weighted by Crippen LogP contribution is 2.23. The minimum absolute atomic E-state index is 0.0348. The lowest BCUT2D eigenvalue weighted by Crippen LogP contribution is -2.36. The van der Waals surface area contributed by atoms with E-state index >= 15 is 0 Å². The van der Waals surface area contributed by atoms with Gasteiger partial charge in [-0.1, -0.05) is 19.1 Å². The molecule has 1 aliphatic heterocycles. The van der Waals surface area contributed by atoms with E-state index in [9.17, 15) is 4.79 Å². The van der Waals surface area contributed by atoms with E-state index in [4.69, 9.17) is 10.5 Å². The van der Waals surface area contributed by atoms with Gasteiger partial charge in [0.2, 0.25) is 5.91 Å². The van der Waals surface area contributed by atoms with E-state index in [1.54, 1.807) is 0 Å². The quantitative estimate of drug-likeness (QED) is 0.713. The molecule has 0 aromatic carbocycles. The van der Waals surface area contributed by atoms with Gasteiger partial charge in [-0.25, -0.2) is 0 Å². The third-order valence-electron chi connectivity index (χ3n) is 3.74. The number of nitrogens with one attached hydrogen (secondary N) is 1. The van der Waals surface area contributed by atoms with Gasteiger partial charge in [-0.05, 0) is 19.3 Å². The van der Waals surface area contributed by atoms with Crippen molar-refractivity contribution in [1.82, 2.24) is 5.32 Å². The lowest BCUT2D eigenvalue weighted by atomic mass is 9.99. The van der Waals surface area contributed by atoms with Gasteiger partial charge in [-0.3, -0.25) is 4.79 Å². The van der Waals surface area contributed by atoms with E-state index in [1.807, 2.05) is 12.2 Å². The van der Waals surface area contributed by atoms with Crippen molar-refractivity contribution in [3.05, 3.63) is 12.2 Å². The first kappa shape index (κ1) is 12.6. The molecule has 2 rings (SSSR count). The Morgan fingerprint density at radius 1 is 1.53 bits per heavy atom. The monoisotopic (exact) mass is 238 g/mol. The summed E-state index contributed by atoms with van der Waals surface area (Å²) in [6, 6.07) is 0.0453. The molecule has 1 heterocycles. The molecule has 17 heavy (non-hydrogen) atoms. The molecule has 1 amide bonds. The summed E-state index contributed by atoms with van der Waals surface area (Å²) in [6.45, 7) is 3.69.